The minimum Gasteiger partial charge on any atom is -0.362 e. The highest BCUT2D eigenvalue weighted by molar-refractivity contribution is 8.14. The summed E-state index contributed by atoms with van der Waals surface area (Å²) in [6.45, 7) is 7.90. The highest BCUT2D eigenvalue weighted by Gasteiger charge is 2.20. The predicted molar refractivity (Wildman–Crippen MR) is 78.9 cm³/mol. The first-order valence-corrected chi connectivity index (χ1v) is 7.57. The molecule has 100 valence electrons. The average molecular weight is 257 g/mol. The predicted octanol–water partition coefficient (Wildman–Crippen LogP) is 2.43. The van der Waals surface area contributed by atoms with Gasteiger partial charge in [0.1, 0.15) is 0 Å². The van der Waals surface area contributed by atoms with Gasteiger partial charge in [-0.2, -0.15) is 0 Å². The van der Waals surface area contributed by atoms with Gasteiger partial charge in [0.2, 0.25) is 0 Å². The summed E-state index contributed by atoms with van der Waals surface area (Å²) >= 11 is 1.88. The third-order valence-electron chi connectivity index (χ3n) is 2.83. The van der Waals surface area contributed by atoms with Crippen LogP contribution in [0.1, 0.15) is 33.6 Å². The van der Waals surface area contributed by atoms with Crippen molar-refractivity contribution >= 4 is 16.9 Å². The topological polar surface area (TPSA) is 27.6 Å². The summed E-state index contributed by atoms with van der Waals surface area (Å²) in [5, 5.41) is 4.68. The van der Waals surface area contributed by atoms with Gasteiger partial charge in [0.25, 0.3) is 0 Å². The van der Waals surface area contributed by atoms with Crippen molar-refractivity contribution in [1.29, 1.82) is 0 Å². The Morgan fingerprint density at radius 3 is 2.71 bits per heavy atom. The summed E-state index contributed by atoms with van der Waals surface area (Å²) in [6, 6.07) is 1.05. The normalized spacial score (nSPS) is 22.1. The molecule has 0 aromatic rings. The van der Waals surface area contributed by atoms with Crippen molar-refractivity contribution in [1.82, 2.24) is 10.2 Å². The number of hydrogen-bond donors (Lipinski definition) is 1. The van der Waals surface area contributed by atoms with Crippen LogP contribution in [0.3, 0.4) is 0 Å². The molecule has 1 N–H and O–H groups in total. The number of rotatable bonds is 6. The molecule has 0 saturated heterocycles. The highest BCUT2D eigenvalue weighted by Crippen LogP contribution is 2.22. The van der Waals surface area contributed by atoms with Crippen molar-refractivity contribution in [2.45, 2.75) is 45.7 Å². The molecule has 17 heavy (non-hydrogen) atoms. The standard InChI is InChI=1S/C13H27N3S/c1-10(2)8-12-9-17-13(15-12)14-11(3)6-7-16(4)5/h10-12H,6-9H2,1-5H3,(H,14,15). The second-order valence-electron chi connectivity index (χ2n) is 5.67. The third-order valence-corrected chi connectivity index (χ3v) is 3.88. The number of amidine groups is 1. The summed E-state index contributed by atoms with van der Waals surface area (Å²) in [7, 11) is 4.24. The van der Waals surface area contributed by atoms with E-state index in [0.29, 0.717) is 12.1 Å². The fourth-order valence-electron chi connectivity index (χ4n) is 1.89. The van der Waals surface area contributed by atoms with E-state index in [9.17, 15) is 0 Å². The van der Waals surface area contributed by atoms with E-state index in [2.05, 4.69) is 45.1 Å². The van der Waals surface area contributed by atoms with Crippen LogP contribution in [0, 0.1) is 5.92 Å². The van der Waals surface area contributed by atoms with Gasteiger partial charge >= 0.3 is 0 Å². The molecule has 1 heterocycles. The summed E-state index contributed by atoms with van der Waals surface area (Å²) in [4.78, 5) is 6.98. The maximum absolute atomic E-state index is 4.75. The van der Waals surface area contributed by atoms with Gasteiger partial charge in [-0.1, -0.05) is 25.6 Å². The zero-order valence-electron chi connectivity index (χ0n) is 11.9. The van der Waals surface area contributed by atoms with E-state index in [1.807, 2.05) is 11.8 Å². The lowest BCUT2D eigenvalue weighted by Gasteiger charge is -2.17. The number of hydrogen-bond acceptors (Lipinski definition) is 4. The zero-order chi connectivity index (χ0) is 12.8. The maximum atomic E-state index is 4.75. The number of thioether (sulfide) groups is 1. The Labute approximate surface area is 110 Å². The average Bonchev–Trinajstić information content (AvgIpc) is 2.61. The minimum absolute atomic E-state index is 0.515. The van der Waals surface area contributed by atoms with Gasteiger partial charge in [-0.05, 0) is 46.3 Å². The molecule has 0 saturated carbocycles. The van der Waals surface area contributed by atoms with Crippen LogP contribution in [0.25, 0.3) is 0 Å². The van der Waals surface area contributed by atoms with Gasteiger partial charge in [-0.3, -0.25) is 4.99 Å². The lowest BCUT2D eigenvalue weighted by atomic mass is 10.1. The smallest absolute Gasteiger partial charge is 0.157 e. The van der Waals surface area contributed by atoms with E-state index >= 15 is 0 Å². The SMILES string of the molecule is CC(C)CC1CSC(NC(C)CCN(C)C)=N1. The van der Waals surface area contributed by atoms with Crippen molar-refractivity contribution in [3.8, 4) is 0 Å². The molecule has 4 heteroatoms. The molecule has 0 aliphatic carbocycles. The minimum atomic E-state index is 0.515. The molecule has 0 fully saturated rings. The molecule has 0 amide bonds. The van der Waals surface area contributed by atoms with Crippen LogP contribution in [-0.4, -0.2) is 48.5 Å². The van der Waals surface area contributed by atoms with Crippen molar-refractivity contribution in [2.24, 2.45) is 10.9 Å². The van der Waals surface area contributed by atoms with E-state index in [1.165, 1.54) is 12.8 Å². The molecule has 0 spiro atoms. The third kappa shape index (κ3) is 6.32. The molecule has 3 nitrogen and oxygen atoms in total. The lowest BCUT2D eigenvalue weighted by Crippen LogP contribution is -2.32. The van der Waals surface area contributed by atoms with Crippen LogP contribution in [0.15, 0.2) is 4.99 Å². The van der Waals surface area contributed by atoms with Crippen LogP contribution < -0.4 is 5.32 Å². The Bertz CT molecular complexity index is 251. The van der Waals surface area contributed by atoms with Gasteiger partial charge < -0.3 is 10.2 Å². The molecule has 2 atom stereocenters. The summed E-state index contributed by atoms with van der Waals surface area (Å²) in [5.74, 6) is 1.90. The van der Waals surface area contributed by atoms with Crippen LogP contribution in [0.2, 0.25) is 0 Å². The van der Waals surface area contributed by atoms with Gasteiger partial charge in [0.05, 0.1) is 6.04 Å². The molecule has 1 aliphatic rings. The Morgan fingerprint density at radius 1 is 1.41 bits per heavy atom. The zero-order valence-corrected chi connectivity index (χ0v) is 12.7. The molecule has 0 aromatic heterocycles. The maximum Gasteiger partial charge on any atom is 0.157 e. The Kier molecular flexibility index (Phi) is 6.34. The molecule has 0 bridgehead atoms. The second kappa shape index (κ2) is 7.27. The van der Waals surface area contributed by atoms with Gasteiger partial charge in [0, 0.05) is 11.8 Å². The van der Waals surface area contributed by atoms with E-state index < -0.39 is 0 Å². The number of nitrogens with zero attached hydrogens (tertiary/aromatic N) is 2. The van der Waals surface area contributed by atoms with Gasteiger partial charge in [-0.25, -0.2) is 0 Å². The van der Waals surface area contributed by atoms with Crippen molar-refractivity contribution < 1.29 is 0 Å². The number of aliphatic imine (C=N–C) groups is 1. The quantitative estimate of drug-likeness (QED) is 0.792. The van der Waals surface area contributed by atoms with E-state index in [-0.39, 0.29) is 0 Å². The van der Waals surface area contributed by atoms with Crippen LogP contribution in [-0.2, 0) is 0 Å². The molecule has 2 unspecified atom stereocenters. The van der Waals surface area contributed by atoms with Crippen molar-refractivity contribution in [2.75, 3.05) is 26.4 Å². The molecule has 1 rings (SSSR count). The molecule has 1 aliphatic heterocycles. The molecular formula is C13H27N3S. The fourth-order valence-corrected chi connectivity index (χ4v) is 2.96. The van der Waals surface area contributed by atoms with Crippen LogP contribution in [0.5, 0.6) is 0 Å². The van der Waals surface area contributed by atoms with Crippen molar-refractivity contribution in [3.63, 3.8) is 0 Å². The Balaban J connectivity index is 2.27. The summed E-state index contributed by atoms with van der Waals surface area (Å²) in [6.07, 6.45) is 2.38. The van der Waals surface area contributed by atoms with Gasteiger partial charge in [-0.15, -0.1) is 0 Å². The van der Waals surface area contributed by atoms with E-state index in [0.717, 1.165) is 23.4 Å². The molecular weight excluding hydrogens is 230 g/mol. The first-order valence-electron chi connectivity index (χ1n) is 6.59. The first kappa shape index (κ1) is 14.8. The highest BCUT2D eigenvalue weighted by atomic mass is 32.2. The monoisotopic (exact) mass is 257 g/mol. The molecule has 0 radical (unpaired) electrons. The largest absolute Gasteiger partial charge is 0.362 e. The Morgan fingerprint density at radius 2 is 2.12 bits per heavy atom. The second-order valence-corrected chi connectivity index (χ2v) is 6.67. The molecule has 0 aromatic carbocycles. The van der Waals surface area contributed by atoms with Gasteiger partial charge in [0.15, 0.2) is 5.17 Å². The van der Waals surface area contributed by atoms with E-state index in [4.69, 9.17) is 4.99 Å². The Hall–Kier alpha value is -0.220. The number of nitrogens with one attached hydrogen (secondary N) is 1. The van der Waals surface area contributed by atoms with Crippen molar-refractivity contribution in [3.05, 3.63) is 0 Å². The first-order chi connectivity index (χ1) is 7.97. The fraction of sp³-hybridized carbons (Fsp3) is 0.923. The van der Waals surface area contributed by atoms with E-state index in [1.54, 1.807) is 0 Å². The summed E-state index contributed by atoms with van der Waals surface area (Å²) < 4.78 is 0. The lowest BCUT2D eigenvalue weighted by molar-refractivity contribution is 0.379. The van der Waals surface area contributed by atoms with Crippen LogP contribution in [0.4, 0.5) is 0 Å². The van der Waals surface area contributed by atoms with Crippen LogP contribution >= 0.6 is 11.8 Å². The summed E-state index contributed by atoms with van der Waals surface area (Å²) in [5.41, 5.74) is 0.